The molecule has 0 aromatic heterocycles. The van der Waals surface area contributed by atoms with Crippen LogP contribution in [0.5, 0.6) is 0 Å². The molecule has 0 fully saturated rings. The Morgan fingerprint density at radius 3 is 2.69 bits per heavy atom. The second kappa shape index (κ2) is 4.90. The molecule has 0 atom stereocenters. The number of terminal acetylenes is 1. The quantitative estimate of drug-likeness (QED) is 0.835. The fraction of sp³-hybridized carbons (Fsp3) is 0.250. The summed E-state index contributed by atoms with van der Waals surface area (Å²) in [4.78, 5) is 11.8. The van der Waals surface area contributed by atoms with Crippen LogP contribution in [-0.4, -0.2) is 11.4 Å². The van der Waals surface area contributed by atoms with Gasteiger partial charge in [0.2, 0.25) is 0 Å². The normalized spacial score (nSPS) is 10.7. The molecule has 0 unspecified atom stereocenters. The third-order valence-electron chi connectivity index (χ3n) is 1.97. The molecule has 0 aliphatic rings. The number of nitrogens with one attached hydrogen (secondary N) is 1. The zero-order valence-electron chi connectivity index (χ0n) is 8.97. The first kappa shape index (κ1) is 13.1. The Hall–Kier alpha value is -0.980. The summed E-state index contributed by atoms with van der Waals surface area (Å²) in [5.74, 6) is 2.28. The minimum absolute atomic E-state index is 0.222. The van der Waals surface area contributed by atoms with Crippen molar-refractivity contribution in [2.75, 3.05) is 0 Å². The predicted octanol–water partition coefficient (Wildman–Crippen LogP) is 3.24. The molecule has 0 heterocycles. The maximum Gasteiger partial charge on any atom is 0.252 e. The summed E-state index contributed by atoms with van der Waals surface area (Å²) in [5, 5.41) is 3.29. The molecule has 0 saturated carbocycles. The lowest BCUT2D eigenvalue weighted by atomic mass is 10.1. The first-order valence-electron chi connectivity index (χ1n) is 4.61. The van der Waals surface area contributed by atoms with Gasteiger partial charge in [0.25, 0.3) is 5.91 Å². The fourth-order valence-corrected chi connectivity index (χ4v) is 1.53. The number of carbonyl (C=O) groups is 1. The third-order valence-corrected chi connectivity index (χ3v) is 3.18. The van der Waals surface area contributed by atoms with Gasteiger partial charge in [0.15, 0.2) is 0 Å². The van der Waals surface area contributed by atoms with E-state index in [0.29, 0.717) is 15.1 Å². The Morgan fingerprint density at radius 1 is 1.56 bits per heavy atom. The highest BCUT2D eigenvalue weighted by Gasteiger charge is 2.18. The molecule has 0 spiro atoms. The summed E-state index contributed by atoms with van der Waals surface area (Å²) < 4.78 is 0.681. The molecular weight excluding hydrogens is 289 g/mol. The van der Waals surface area contributed by atoms with Gasteiger partial charge in [-0.3, -0.25) is 4.79 Å². The lowest BCUT2D eigenvalue weighted by Crippen LogP contribution is -2.42. The average molecular weight is 301 g/mol. The number of rotatable bonds is 2. The van der Waals surface area contributed by atoms with E-state index >= 15 is 0 Å². The first-order chi connectivity index (χ1) is 7.35. The van der Waals surface area contributed by atoms with E-state index in [4.69, 9.17) is 18.0 Å². The van der Waals surface area contributed by atoms with E-state index in [1.807, 2.05) is 0 Å². The predicted molar refractivity (Wildman–Crippen MR) is 69.5 cm³/mol. The van der Waals surface area contributed by atoms with Crippen molar-refractivity contribution in [2.45, 2.75) is 19.4 Å². The van der Waals surface area contributed by atoms with Gasteiger partial charge in [-0.15, -0.1) is 6.42 Å². The molecular formula is C12H11BrClNO. The highest BCUT2D eigenvalue weighted by molar-refractivity contribution is 9.10. The third kappa shape index (κ3) is 3.26. The van der Waals surface area contributed by atoms with Crippen LogP contribution in [0.3, 0.4) is 0 Å². The molecule has 84 valence electrons. The Bertz CT molecular complexity index is 463. The lowest BCUT2D eigenvalue weighted by Gasteiger charge is -2.19. The Labute approximate surface area is 109 Å². The fourth-order valence-electron chi connectivity index (χ4n) is 1.03. The SMILES string of the molecule is C#CC(C)(C)NC(=O)c1ccc(Cl)c(Br)c1. The molecule has 0 aliphatic carbocycles. The monoisotopic (exact) mass is 299 g/mol. The van der Waals surface area contributed by atoms with Crippen molar-refractivity contribution in [3.63, 3.8) is 0 Å². The summed E-state index contributed by atoms with van der Waals surface area (Å²) in [6.45, 7) is 3.52. The van der Waals surface area contributed by atoms with Gasteiger partial charge in [-0.2, -0.15) is 0 Å². The molecule has 1 N–H and O–H groups in total. The molecule has 0 bridgehead atoms. The van der Waals surface area contributed by atoms with Crippen molar-refractivity contribution < 1.29 is 4.79 Å². The number of hydrogen-bond acceptors (Lipinski definition) is 1. The molecule has 4 heteroatoms. The van der Waals surface area contributed by atoms with Crippen LogP contribution in [-0.2, 0) is 0 Å². The molecule has 0 saturated heterocycles. The highest BCUT2D eigenvalue weighted by Crippen LogP contribution is 2.23. The minimum Gasteiger partial charge on any atom is -0.336 e. The highest BCUT2D eigenvalue weighted by atomic mass is 79.9. The van der Waals surface area contributed by atoms with Crippen LogP contribution in [0, 0.1) is 12.3 Å². The molecule has 1 aromatic rings. The summed E-state index contributed by atoms with van der Waals surface area (Å²) in [5.41, 5.74) is -0.150. The zero-order chi connectivity index (χ0) is 12.3. The standard InChI is InChI=1S/C12H11BrClNO/c1-4-12(2,3)15-11(16)8-5-6-10(14)9(13)7-8/h1,5-7H,2-3H3,(H,15,16). The first-order valence-corrected chi connectivity index (χ1v) is 5.78. The second-order valence-electron chi connectivity index (χ2n) is 3.85. The van der Waals surface area contributed by atoms with Gasteiger partial charge >= 0.3 is 0 Å². The summed E-state index contributed by atoms with van der Waals surface area (Å²) in [7, 11) is 0. The maximum absolute atomic E-state index is 11.8. The van der Waals surface area contributed by atoms with E-state index < -0.39 is 5.54 Å². The molecule has 2 nitrogen and oxygen atoms in total. The van der Waals surface area contributed by atoms with E-state index in [2.05, 4.69) is 27.2 Å². The van der Waals surface area contributed by atoms with Gasteiger partial charge < -0.3 is 5.32 Å². The van der Waals surface area contributed by atoms with Gasteiger partial charge in [-0.05, 0) is 48.0 Å². The van der Waals surface area contributed by atoms with Gasteiger partial charge in [-0.1, -0.05) is 17.5 Å². The summed E-state index contributed by atoms with van der Waals surface area (Å²) in [6, 6.07) is 4.96. The molecule has 0 aliphatic heterocycles. The van der Waals surface area contributed by atoms with Crippen molar-refractivity contribution >= 4 is 33.4 Å². The number of hydrogen-bond donors (Lipinski definition) is 1. The van der Waals surface area contributed by atoms with Crippen LogP contribution in [0.1, 0.15) is 24.2 Å². The number of carbonyl (C=O) groups excluding carboxylic acids is 1. The van der Waals surface area contributed by atoms with Crippen molar-refractivity contribution in [1.29, 1.82) is 0 Å². The number of amides is 1. The van der Waals surface area contributed by atoms with E-state index in [9.17, 15) is 4.79 Å². The van der Waals surface area contributed by atoms with Gasteiger partial charge in [0, 0.05) is 10.0 Å². The smallest absolute Gasteiger partial charge is 0.252 e. The molecule has 0 radical (unpaired) electrons. The molecule has 16 heavy (non-hydrogen) atoms. The van der Waals surface area contributed by atoms with E-state index in [-0.39, 0.29) is 5.91 Å². The molecule has 1 amide bonds. The Kier molecular flexibility index (Phi) is 4.01. The number of halogens is 2. The molecule has 1 rings (SSSR count). The van der Waals surface area contributed by atoms with Crippen LogP contribution in [0.25, 0.3) is 0 Å². The second-order valence-corrected chi connectivity index (χ2v) is 5.11. The van der Waals surface area contributed by atoms with Crippen LogP contribution >= 0.6 is 27.5 Å². The largest absolute Gasteiger partial charge is 0.336 e. The summed E-state index contributed by atoms with van der Waals surface area (Å²) in [6.07, 6.45) is 5.29. The van der Waals surface area contributed by atoms with Crippen molar-refractivity contribution in [1.82, 2.24) is 5.32 Å². The summed E-state index contributed by atoms with van der Waals surface area (Å²) >= 11 is 9.09. The number of benzene rings is 1. The van der Waals surface area contributed by atoms with Crippen molar-refractivity contribution in [2.24, 2.45) is 0 Å². The van der Waals surface area contributed by atoms with Crippen LogP contribution in [0.4, 0.5) is 0 Å². The van der Waals surface area contributed by atoms with Crippen LogP contribution in [0.15, 0.2) is 22.7 Å². The zero-order valence-corrected chi connectivity index (χ0v) is 11.3. The Balaban J connectivity index is 2.91. The molecule has 1 aromatic carbocycles. The van der Waals surface area contributed by atoms with E-state index in [0.717, 1.165) is 0 Å². The van der Waals surface area contributed by atoms with Crippen molar-refractivity contribution in [3.05, 3.63) is 33.3 Å². The van der Waals surface area contributed by atoms with Gasteiger partial charge in [0.1, 0.15) is 0 Å². The topological polar surface area (TPSA) is 29.1 Å². The van der Waals surface area contributed by atoms with Crippen molar-refractivity contribution in [3.8, 4) is 12.3 Å². The average Bonchev–Trinajstić information content (AvgIpc) is 2.21. The van der Waals surface area contributed by atoms with Gasteiger partial charge in [0.05, 0.1) is 10.6 Å². The van der Waals surface area contributed by atoms with E-state index in [1.165, 1.54) is 0 Å². The van der Waals surface area contributed by atoms with Crippen LogP contribution < -0.4 is 5.32 Å². The lowest BCUT2D eigenvalue weighted by molar-refractivity contribution is 0.0930. The van der Waals surface area contributed by atoms with Crippen LogP contribution in [0.2, 0.25) is 5.02 Å². The minimum atomic E-state index is -0.663. The van der Waals surface area contributed by atoms with E-state index in [1.54, 1.807) is 32.0 Å². The maximum atomic E-state index is 11.8. The van der Waals surface area contributed by atoms with Gasteiger partial charge in [-0.25, -0.2) is 0 Å². The Morgan fingerprint density at radius 2 is 2.19 bits per heavy atom.